The molecule has 0 aromatic rings. The highest BCUT2D eigenvalue weighted by Gasteiger charge is 2.18. The number of aliphatic hydroxyl groups excluding tert-OH is 1. The second kappa shape index (κ2) is 5.09. The Morgan fingerprint density at radius 1 is 1.50 bits per heavy atom. The second-order valence-electron chi connectivity index (χ2n) is 3.83. The molecule has 84 valence electrons. The summed E-state index contributed by atoms with van der Waals surface area (Å²) in [7, 11) is -2.86. The fourth-order valence-corrected chi connectivity index (χ4v) is 2.47. The first-order valence-electron chi connectivity index (χ1n) is 5.14. The highest BCUT2D eigenvalue weighted by Crippen LogP contribution is 2.09. The van der Waals surface area contributed by atoms with Crippen LogP contribution in [0.3, 0.4) is 0 Å². The molecule has 0 aromatic heterocycles. The molecule has 1 rings (SSSR count). The van der Waals surface area contributed by atoms with Crippen molar-refractivity contribution in [2.24, 2.45) is 0 Å². The van der Waals surface area contributed by atoms with Gasteiger partial charge >= 0.3 is 0 Å². The number of β-amino-alcohol motifs (C(OH)–C–C–N with tert-alkyl or cyclic N) is 1. The number of hydrogen-bond donors (Lipinski definition) is 1. The Labute approximate surface area is 85.8 Å². The molecule has 1 saturated heterocycles. The van der Waals surface area contributed by atoms with E-state index in [9.17, 15) is 13.5 Å². The highest BCUT2D eigenvalue weighted by molar-refractivity contribution is 7.91. The zero-order valence-corrected chi connectivity index (χ0v) is 9.46. The van der Waals surface area contributed by atoms with Crippen molar-refractivity contribution in [3.05, 3.63) is 0 Å². The van der Waals surface area contributed by atoms with Crippen molar-refractivity contribution in [2.75, 3.05) is 31.1 Å². The van der Waals surface area contributed by atoms with E-state index in [1.165, 1.54) is 0 Å². The summed E-state index contributed by atoms with van der Waals surface area (Å²) >= 11 is 0. The van der Waals surface area contributed by atoms with Crippen LogP contribution in [0.1, 0.15) is 19.8 Å². The molecule has 0 radical (unpaired) electrons. The first-order chi connectivity index (χ1) is 6.53. The molecule has 4 nitrogen and oxygen atoms in total. The van der Waals surface area contributed by atoms with Gasteiger partial charge in [-0.1, -0.05) is 6.92 Å². The first kappa shape index (κ1) is 11.9. The normalized spacial score (nSPS) is 25.1. The molecular weight excluding hydrogens is 202 g/mol. The summed E-state index contributed by atoms with van der Waals surface area (Å²) in [5.41, 5.74) is 0. The van der Waals surface area contributed by atoms with Gasteiger partial charge in [-0.2, -0.15) is 0 Å². The van der Waals surface area contributed by atoms with E-state index in [1.54, 1.807) is 6.92 Å². The Morgan fingerprint density at radius 3 is 2.79 bits per heavy atom. The van der Waals surface area contributed by atoms with E-state index in [-0.39, 0.29) is 17.6 Å². The maximum Gasteiger partial charge on any atom is 0.151 e. The molecule has 14 heavy (non-hydrogen) atoms. The number of piperidine rings is 1. The van der Waals surface area contributed by atoms with Crippen LogP contribution in [0, 0.1) is 0 Å². The van der Waals surface area contributed by atoms with Gasteiger partial charge in [0.1, 0.15) is 0 Å². The highest BCUT2D eigenvalue weighted by atomic mass is 32.2. The largest absolute Gasteiger partial charge is 0.392 e. The summed E-state index contributed by atoms with van der Waals surface area (Å²) in [6, 6.07) is 0. The summed E-state index contributed by atoms with van der Waals surface area (Å²) in [4.78, 5) is 2.03. The van der Waals surface area contributed by atoms with Crippen LogP contribution in [0.5, 0.6) is 0 Å². The number of nitrogens with zero attached hydrogens (tertiary/aromatic N) is 1. The summed E-state index contributed by atoms with van der Waals surface area (Å²) < 4.78 is 22.5. The van der Waals surface area contributed by atoms with Gasteiger partial charge in [-0.25, -0.2) is 8.42 Å². The van der Waals surface area contributed by atoms with Crippen LogP contribution >= 0.6 is 0 Å². The van der Waals surface area contributed by atoms with Crippen LogP contribution in [0.25, 0.3) is 0 Å². The van der Waals surface area contributed by atoms with Crippen molar-refractivity contribution in [2.45, 2.75) is 25.9 Å². The molecule has 0 unspecified atom stereocenters. The van der Waals surface area contributed by atoms with E-state index in [2.05, 4.69) is 0 Å². The Hall–Kier alpha value is -0.130. The third-order valence-electron chi connectivity index (χ3n) is 2.64. The van der Waals surface area contributed by atoms with Gasteiger partial charge in [-0.05, 0) is 19.4 Å². The minimum Gasteiger partial charge on any atom is -0.392 e. The number of sulfone groups is 1. The number of aliphatic hydroxyl groups is 1. The Balaban J connectivity index is 2.31. The standard InChI is InChI=1S/C9H19NO3S/c1-2-14(12,13)7-6-10-5-3-4-9(11)8-10/h9,11H,2-8H2,1H3/t9-/m0/s1. The van der Waals surface area contributed by atoms with Gasteiger partial charge in [0.25, 0.3) is 0 Å². The third kappa shape index (κ3) is 3.94. The molecule has 0 spiro atoms. The smallest absolute Gasteiger partial charge is 0.151 e. The quantitative estimate of drug-likeness (QED) is 0.719. The fourth-order valence-electron chi connectivity index (χ4n) is 1.65. The van der Waals surface area contributed by atoms with Crippen molar-refractivity contribution >= 4 is 9.84 Å². The zero-order chi connectivity index (χ0) is 10.6. The molecule has 1 aliphatic heterocycles. The first-order valence-corrected chi connectivity index (χ1v) is 6.96. The zero-order valence-electron chi connectivity index (χ0n) is 8.65. The predicted octanol–water partition coefficient (Wildman–Crippen LogP) is -0.122. The molecule has 5 heteroatoms. The predicted molar refractivity (Wildman–Crippen MR) is 56.0 cm³/mol. The number of rotatable bonds is 4. The van der Waals surface area contributed by atoms with Crippen LogP contribution in [0.15, 0.2) is 0 Å². The monoisotopic (exact) mass is 221 g/mol. The van der Waals surface area contributed by atoms with Crippen LogP contribution in [0.4, 0.5) is 0 Å². The lowest BCUT2D eigenvalue weighted by Gasteiger charge is -2.29. The molecular formula is C9H19NO3S. The third-order valence-corrected chi connectivity index (χ3v) is 4.32. The second-order valence-corrected chi connectivity index (χ2v) is 6.31. The van der Waals surface area contributed by atoms with Crippen LogP contribution in [-0.4, -0.2) is 55.7 Å². The molecule has 1 fully saturated rings. The summed E-state index contributed by atoms with van der Waals surface area (Å²) in [5, 5.41) is 9.38. The fraction of sp³-hybridized carbons (Fsp3) is 1.00. The maximum absolute atomic E-state index is 11.2. The lowest BCUT2D eigenvalue weighted by atomic mass is 10.1. The molecule has 1 heterocycles. The molecule has 0 aromatic carbocycles. The van der Waals surface area contributed by atoms with Gasteiger partial charge in [0, 0.05) is 18.8 Å². The molecule has 1 N–H and O–H groups in total. The minimum atomic E-state index is -2.86. The van der Waals surface area contributed by atoms with Crippen molar-refractivity contribution in [1.82, 2.24) is 4.90 Å². The number of likely N-dealkylation sites (tertiary alicyclic amines) is 1. The molecule has 1 atom stereocenters. The molecule has 0 bridgehead atoms. The molecule has 0 saturated carbocycles. The van der Waals surface area contributed by atoms with E-state index in [1.807, 2.05) is 4.90 Å². The Kier molecular flexibility index (Phi) is 4.34. The topological polar surface area (TPSA) is 57.6 Å². The maximum atomic E-state index is 11.2. The molecule has 0 aliphatic carbocycles. The van der Waals surface area contributed by atoms with Gasteiger partial charge in [-0.3, -0.25) is 4.90 Å². The average molecular weight is 221 g/mol. The lowest BCUT2D eigenvalue weighted by molar-refractivity contribution is 0.0741. The summed E-state index contributed by atoms with van der Waals surface area (Å²) in [5.74, 6) is 0.430. The van der Waals surface area contributed by atoms with Crippen molar-refractivity contribution < 1.29 is 13.5 Å². The molecule has 0 amide bonds. The van der Waals surface area contributed by atoms with Gasteiger partial charge in [0.05, 0.1) is 11.9 Å². The molecule has 1 aliphatic rings. The van der Waals surface area contributed by atoms with Crippen molar-refractivity contribution in [3.63, 3.8) is 0 Å². The summed E-state index contributed by atoms with van der Waals surface area (Å²) in [6.45, 7) is 3.77. The van der Waals surface area contributed by atoms with Crippen molar-refractivity contribution in [1.29, 1.82) is 0 Å². The van der Waals surface area contributed by atoms with E-state index < -0.39 is 9.84 Å². The van der Waals surface area contributed by atoms with E-state index in [0.717, 1.165) is 19.4 Å². The lowest BCUT2D eigenvalue weighted by Crippen LogP contribution is -2.40. The minimum absolute atomic E-state index is 0.212. The van der Waals surface area contributed by atoms with E-state index in [0.29, 0.717) is 13.1 Å². The Morgan fingerprint density at radius 2 is 2.21 bits per heavy atom. The van der Waals surface area contributed by atoms with E-state index in [4.69, 9.17) is 0 Å². The van der Waals surface area contributed by atoms with Crippen LogP contribution < -0.4 is 0 Å². The Bertz CT molecular complexity index is 263. The SMILES string of the molecule is CCS(=O)(=O)CCN1CCC[C@H](O)C1. The van der Waals surface area contributed by atoms with Crippen molar-refractivity contribution in [3.8, 4) is 0 Å². The number of hydrogen-bond acceptors (Lipinski definition) is 4. The van der Waals surface area contributed by atoms with Crippen LogP contribution in [0.2, 0.25) is 0 Å². The van der Waals surface area contributed by atoms with Gasteiger partial charge in [-0.15, -0.1) is 0 Å². The van der Waals surface area contributed by atoms with E-state index >= 15 is 0 Å². The van der Waals surface area contributed by atoms with Gasteiger partial charge in [0.15, 0.2) is 9.84 Å². The van der Waals surface area contributed by atoms with Gasteiger partial charge in [0.2, 0.25) is 0 Å². The summed E-state index contributed by atoms with van der Waals surface area (Å²) in [6.07, 6.45) is 1.54. The van der Waals surface area contributed by atoms with Gasteiger partial charge < -0.3 is 5.11 Å². The van der Waals surface area contributed by atoms with Crippen LogP contribution in [-0.2, 0) is 9.84 Å². The average Bonchev–Trinajstić information content (AvgIpc) is 2.15.